The molecular formula is C20H17N5O3. The number of fused-ring (bicyclic) bond motifs is 3. The molecule has 3 aromatic rings. The smallest absolute Gasteiger partial charge is 0.272 e. The summed E-state index contributed by atoms with van der Waals surface area (Å²) < 4.78 is 0. The fourth-order valence-electron chi connectivity index (χ4n) is 3.33. The van der Waals surface area contributed by atoms with Gasteiger partial charge in [-0.1, -0.05) is 24.3 Å². The summed E-state index contributed by atoms with van der Waals surface area (Å²) >= 11 is 0. The maximum Gasteiger partial charge on any atom is 0.289 e. The van der Waals surface area contributed by atoms with Crippen LogP contribution in [0.2, 0.25) is 0 Å². The van der Waals surface area contributed by atoms with Gasteiger partial charge in [-0.05, 0) is 43.0 Å². The zero-order chi connectivity index (χ0) is 19.7. The number of rotatable bonds is 4. The molecule has 0 radical (unpaired) electrons. The van der Waals surface area contributed by atoms with E-state index in [0.717, 1.165) is 29.7 Å². The van der Waals surface area contributed by atoms with Crippen LogP contribution in [0.1, 0.15) is 34.1 Å². The number of nitro groups is 1. The highest BCUT2D eigenvalue weighted by molar-refractivity contribution is 6.01. The summed E-state index contributed by atoms with van der Waals surface area (Å²) in [4.78, 5) is 22.9. The largest absolute Gasteiger partial charge is 0.289 e. The summed E-state index contributed by atoms with van der Waals surface area (Å²) in [6.07, 6.45) is 1.59. The summed E-state index contributed by atoms with van der Waals surface area (Å²) in [7, 11) is 0. The lowest BCUT2D eigenvalue weighted by Crippen LogP contribution is -2.21. The highest BCUT2D eigenvalue weighted by Gasteiger charge is 2.24. The molecule has 28 heavy (non-hydrogen) atoms. The second-order valence-corrected chi connectivity index (χ2v) is 6.53. The Bertz CT molecular complexity index is 1100. The molecule has 1 aliphatic carbocycles. The van der Waals surface area contributed by atoms with Gasteiger partial charge in [-0.2, -0.15) is 10.2 Å². The highest BCUT2D eigenvalue weighted by atomic mass is 16.6. The molecule has 0 saturated carbocycles. The van der Waals surface area contributed by atoms with E-state index >= 15 is 0 Å². The fourth-order valence-corrected chi connectivity index (χ4v) is 3.33. The van der Waals surface area contributed by atoms with E-state index in [1.807, 2.05) is 18.2 Å². The Morgan fingerprint density at radius 1 is 1.18 bits per heavy atom. The Hall–Kier alpha value is -3.81. The van der Waals surface area contributed by atoms with Crippen molar-refractivity contribution in [3.63, 3.8) is 0 Å². The van der Waals surface area contributed by atoms with Gasteiger partial charge in [-0.15, -0.1) is 0 Å². The number of nitro benzene ring substituents is 1. The number of hydrogen-bond acceptors (Lipinski definition) is 5. The van der Waals surface area contributed by atoms with Crippen molar-refractivity contribution in [3.05, 3.63) is 81.0 Å². The van der Waals surface area contributed by atoms with Crippen molar-refractivity contribution >= 4 is 17.3 Å². The van der Waals surface area contributed by atoms with Gasteiger partial charge >= 0.3 is 0 Å². The summed E-state index contributed by atoms with van der Waals surface area (Å²) in [5, 5.41) is 22.0. The van der Waals surface area contributed by atoms with Crippen LogP contribution < -0.4 is 5.43 Å². The first-order valence-electron chi connectivity index (χ1n) is 8.79. The average molecular weight is 375 g/mol. The maximum absolute atomic E-state index is 12.6. The van der Waals surface area contributed by atoms with Crippen LogP contribution in [0, 0.1) is 10.1 Å². The minimum Gasteiger partial charge on any atom is -0.272 e. The van der Waals surface area contributed by atoms with Gasteiger partial charge in [0.2, 0.25) is 0 Å². The number of aromatic nitrogens is 2. The fraction of sp³-hybridized carbons (Fsp3) is 0.150. The molecule has 4 rings (SSSR count). The molecule has 1 amide bonds. The molecular weight excluding hydrogens is 358 g/mol. The topological polar surface area (TPSA) is 113 Å². The predicted molar refractivity (Wildman–Crippen MR) is 104 cm³/mol. The molecule has 0 fully saturated rings. The SMILES string of the molecule is C/C(=N/NC(=O)c1[nH]nc2c1CCc1ccccc1-2)c1ccc([N+](=O)[O-])cc1. The zero-order valence-electron chi connectivity index (χ0n) is 15.1. The van der Waals surface area contributed by atoms with E-state index in [1.54, 1.807) is 19.1 Å². The predicted octanol–water partition coefficient (Wildman–Crippen LogP) is 3.24. The first-order valence-corrected chi connectivity index (χ1v) is 8.79. The number of hydrazone groups is 1. The van der Waals surface area contributed by atoms with Gasteiger partial charge in [0, 0.05) is 23.3 Å². The van der Waals surface area contributed by atoms with Crippen LogP contribution in [0.3, 0.4) is 0 Å². The Morgan fingerprint density at radius 3 is 2.68 bits per heavy atom. The van der Waals surface area contributed by atoms with Gasteiger partial charge in [-0.25, -0.2) is 5.43 Å². The number of aryl methyl sites for hydroxylation is 1. The van der Waals surface area contributed by atoms with Crippen LogP contribution in [0.5, 0.6) is 0 Å². The summed E-state index contributed by atoms with van der Waals surface area (Å²) in [6, 6.07) is 14.0. The number of carbonyl (C=O) groups is 1. The molecule has 8 heteroatoms. The van der Waals surface area contributed by atoms with E-state index in [9.17, 15) is 14.9 Å². The van der Waals surface area contributed by atoms with Crippen molar-refractivity contribution in [3.8, 4) is 11.3 Å². The molecule has 1 heterocycles. The zero-order valence-corrected chi connectivity index (χ0v) is 15.1. The third kappa shape index (κ3) is 3.16. The average Bonchev–Trinajstić information content (AvgIpc) is 3.16. The number of H-pyrrole nitrogens is 1. The van der Waals surface area contributed by atoms with Crippen molar-refractivity contribution in [2.45, 2.75) is 19.8 Å². The highest BCUT2D eigenvalue weighted by Crippen LogP contribution is 2.33. The van der Waals surface area contributed by atoms with Crippen LogP contribution in [0.15, 0.2) is 53.6 Å². The van der Waals surface area contributed by atoms with Crippen molar-refractivity contribution < 1.29 is 9.72 Å². The van der Waals surface area contributed by atoms with Gasteiger partial charge in [0.1, 0.15) is 5.69 Å². The molecule has 0 saturated heterocycles. The molecule has 0 aliphatic heterocycles. The molecule has 2 N–H and O–H groups in total. The van der Waals surface area contributed by atoms with Gasteiger partial charge < -0.3 is 0 Å². The minimum absolute atomic E-state index is 0.00459. The summed E-state index contributed by atoms with van der Waals surface area (Å²) in [5.74, 6) is -0.366. The molecule has 0 unspecified atom stereocenters. The number of non-ortho nitro benzene ring substituents is 1. The third-order valence-electron chi connectivity index (χ3n) is 4.83. The maximum atomic E-state index is 12.6. The summed E-state index contributed by atoms with van der Waals surface area (Å²) in [5.41, 5.74) is 8.15. The number of nitrogens with one attached hydrogen (secondary N) is 2. The standard InChI is InChI=1S/C20H17N5O3/c1-12(13-6-9-15(10-7-13)25(27)28)21-24-20(26)19-17-11-8-14-4-2-3-5-16(14)18(17)22-23-19/h2-7,9-10H,8,11H2,1H3,(H,22,23)(H,24,26)/b21-12-. The lowest BCUT2D eigenvalue weighted by Gasteiger charge is -2.15. The number of aromatic amines is 1. The Morgan fingerprint density at radius 2 is 1.93 bits per heavy atom. The molecule has 0 bridgehead atoms. The minimum atomic E-state index is -0.461. The first kappa shape index (κ1) is 17.6. The van der Waals surface area contributed by atoms with Gasteiger partial charge in [0.25, 0.3) is 11.6 Å². The van der Waals surface area contributed by atoms with Crippen LogP contribution in [0.25, 0.3) is 11.3 Å². The van der Waals surface area contributed by atoms with E-state index in [4.69, 9.17) is 0 Å². The van der Waals surface area contributed by atoms with Crippen LogP contribution in [0.4, 0.5) is 5.69 Å². The van der Waals surface area contributed by atoms with Crippen molar-refractivity contribution in [2.24, 2.45) is 5.10 Å². The van der Waals surface area contributed by atoms with E-state index < -0.39 is 4.92 Å². The first-order chi connectivity index (χ1) is 13.5. The van der Waals surface area contributed by atoms with Gasteiger partial charge in [-0.3, -0.25) is 20.0 Å². The number of hydrogen-bond donors (Lipinski definition) is 2. The van der Waals surface area contributed by atoms with E-state index in [1.165, 1.54) is 17.7 Å². The Kier molecular flexibility index (Phi) is 4.44. The van der Waals surface area contributed by atoms with E-state index in [2.05, 4.69) is 26.8 Å². The molecule has 0 spiro atoms. The van der Waals surface area contributed by atoms with E-state index in [-0.39, 0.29) is 11.6 Å². The number of amides is 1. The van der Waals surface area contributed by atoms with E-state index in [0.29, 0.717) is 17.0 Å². The van der Waals surface area contributed by atoms with Crippen molar-refractivity contribution in [1.82, 2.24) is 15.6 Å². The number of nitrogens with zero attached hydrogens (tertiary/aromatic N) is 3. The second-order valence-electron chi connectivity index (χ2n) is 6.53. The lowest BCUT2D eigenvalue weighted by molar-refractivity contribution is -0.384. The third-order valence-corrected chi connectivity index (χ3v) is 4.83. The second kappa shape index (κ2) is 7.07. The van der Waals surface area contributed by atoms with Crippen LogP contribution >= 0.6 is 0 Å². The molecule has 140 valence electrons. The van der Waals surface area contributed by atoms with Gasteiger partial charge in [0.05, 0.1) is 16.3 Å². The van der Waals surface area contributed by atoms with Gasteiger partial charge in [0.15, 0.2) is 0 Å². The molecule has 0 atom stereocenters. The molecule has 1 aliphatic rings. The number of carbonyl (C=O) groups excluding carboxylic acids is 1. The summed E-state index contributed by atoms with van der Waals surface area (Å²) in [6.45, 7) is 1.72. The molecule has 2 aromatic carbocycles. The quantitative estimate of drug-likeness (QED) is 0.414. The molecule has 8 nitrogen and oxygen atoms in total. The Balaban J connectivity index is 1.53. The normalized spacial score (nSPS) is 12.8. The van der Waals surface area contributed by atoms with Crippen molar-refractivity contribution in [1.29, 1.82) is 0 Å². The monoisotopic (exact) mass is 375 g/mol. The molecule has 1 aromatic heterocycles. The lowest BCUT2D eigenvalue weighted by atomic mass is 9.89. The Labute approximate surface area is 160 Å². The van der Waals surface area contributed by atoms with Crippen molar-refractivity contribution in [2.75, 3.05) is 0 Å². The van der Waals surface area contributed by atoms with Crippen LogP contribution in [-0.2, 0) is 12.8 Å². The number of benzene rings is 2. The van der Waals surface area contributed by atoms with Crippen LogP contribution in [-0.4, -0.2) is 26.7 Å².